The van der Waals surface area contributed by atoms with E-state index in [2.05, 4.69) is 57.8 Å². The first-order valence-corrected chi connectivity index (χ1v) is 6.76. The highest BCUT2D eigenvalue weighted by molar-refractivity contribution is 14.1. The van der Waals surface area contributed by atoms with Crippen molar-refractivity contribution in [2.75, 3.05) is 11.0 Å². The van der Waals surface area contributed by atoms with Gasteiger partial charge in [0.15, 0.2) is 0 Å². The number of hydrogen-bond donors (Lipinski definition) is 0. The van der Waals surface area contributed by atoms with Crippen molar-refractivity contribution in [1.29, 1.82) is 0 Å². The van der Waals surface area contributed by atoms with Crippen LogP contribution in [0.25, 0.3) is 0 Å². The number of benzene rings is 1. The molecule has 0 saturated carbocycles. The summed E-state index contributed by atoms with van der Waals surface area (Å²) in [6, 6.07) is 11.6. The van der Waals surface area contributed by atoms with Gasteiger partial charge in [0.25, 0.3) is 0 Å². The van der Waals surface area contributed by atoms with E-state index in [1.165, 1.54) is 29.4 Å². The summed E-state index contributed by atoms with van der Waals surface area (Å²) in [5.41, 5.74) is 1.45. The highest BCUT2D eigenvalue weighted by Crippen LogP contribution is 2.21. The Kier molecular flexibility index (Phi) is 3.81. The molecule has 0 radical (unpaired) electrons. The van der Waals surface area contributed by atoms with Gasteiger partial charge in [-0.25, -0.2) is 0 Å². The molecule has 0 unspecified atom stereocenters. The summed E-state index contributed by atoms with van der Waals surface area (Å²) < 4.78 is 1.27. The summed E-state index contributed by atoms with van der Waals surface area (Å²) >= 11 is 2.51. The summed E-state index contributed by atoms with van der Waals surface area (Å²) in [6.45, 7) is 2.41. The number of alkyl halides is 1. The number of halogens is 1. The third-order valence-corrected chi connectivity index (χ3v) is 3.92. The molecule has 76 valence electrons. The van der Waals surface area contributed by atoms with Crippen molar-refractivity contribution in [3.8, 4) is 0 Å². The Morgan fingerprint density at radius 2 is 2.07 bits per heavy atom. The van der Waals surface area contributed by atoms with E-state index in [-0.39, 0.29) is 0 Å². The Morgan fingerprint density at radius 1 is 1.29 bits per heavy atom. The zero-order chi connectivity index (χ0) is 9.80. The summed E-state index contributed by atoms with van der Waals surface area (Å²) in [6.07, 6.45) is 2.76. The predicted molar refractivity (Wildman–Crippen MR) is 68.8 cm³/mol. The van der Waals surface area contributed by atoms with Gasteiger partial charge in [-0.2, -0.15) is 0 Å². The molecule has 1 aromatic rings. The van der Waals surface area contributed by atoms with Gasteiger partial charge in [-0.05, 0) is 24.9 Å². The molecule has 1 nitrogen and oxygen atoms in total. The maximum absolute atomic E-state index is 2.61. The van der Waals surface area contributed by atoms with Crippen molar-refractivity contribution in [3.05, 3.63) is 35.9 Å². The third kappa shape index (κ3) is 2.48. The molecule has 1 atom stereocenters. The molecule has 0 amide bonds. The van der Waals surface area contributed by atoms with Crippen LogP contribution in [0.15, 0.2) is 30.3 Å². The topological polar surface area (TPSA) is 3.24 Å². The van der Waals surface area contributed by atoms with Crippen LogP contribution in [0.2, 0.25) is 0 Å². The van der Waals surface area contributed by atoms with Gasteiger partial charge >= 0.3 is 0 Å². The van der Waals surface area contributed by atoms with E-state index in [1.54, 1.807) is 0 Å². The summed E-state index contributed by atoms with van der Waals surface area (Å²) in [5, 5.41) is 0. The third-order valence-electron chi connectivity index (χ3n) is 2.91. The zero-order valence-corrected chi connectivity index (χ0v) is 10.5. The molecule has 2 rings (SSSR count). The van der Waals surface area contributed by atoms with Crippen LogP contribution < -0.4 is 0 Å². The van der Waals surface area contributed by atoms with Crippen molar-refractivity contribution in [2.24, 2.45) is 0 Å². The fourth-order valence-electron chi connectivity index (χ4n) is 2.10. The van der Waals surface area contributed by atoms with Gasteiger partial charge in [-0.3, -0.25) is 4.90 Å². The van der Waals surface area contributed by atoms with E-state index in [0.29, 0.717) is 0 Å². The van der Waals surface area contributed by atoms with E-state index in [4.69, 9.17) is 0 Å². The quantitative estimate of drug-likeness (QED) is 0.612. The van der Waals surface area contributed by atoms with Gasteiger partial charge < -0.3 is 0 Å². The van der Waals surface area contributed by atoms with Crippen LogP contribution in [0.3, 0.4) is 0 Å². The fraction of sp³-hybridized carbons (Fsp3) is 0.500. The average molecular weight is 301 g/mol. The van der Waals surface area contributed by atoms with Crippen molar-refractivity contribution < 1.29 is 0 Å². The Labute approximate surface area is 99.6 Å². The van der Waals surface area contributed by atoms with Crippen molar-refractivity contribution in [3.63, 3.8) is 0 Å². The standard InChI is InChI=1S/C12H16IN/c13-9-12-7-4-8-14(12)10-11-5-2-1-3-6-11/h1-3,5-6,12H,4,7-10H2/t12-/m1/s1. The second-order valence-electron chi connectivity index (χ2n) is 3.91. The fourth-order valence-corrected chi connectivity index (χ4v) is 3.09. The summed E-state index contributed by atoms with van der Waals surface area (Å²) in [5.74, 6) is 0. The molecule has 1 saturated heterocycles. The van der Waals surface area contributed by atoms with E-state index >= 15 is 0 Å². The Hall–Kier alpha value is -0.0900. The first-order valence-electron chi connectivity index (χ1n) is 5.24. The van der Waals surface area contributed by atoms with Crippen LogP contribution in [0, 0.1) is 0 Å². The molecule has 1 aromatic carbocycles. The minimum Gasteiger partial charge on any atom is -0.295 e. The molecule has 0 spiro atoms. The first-order chi connectivity index (χ1) is 6.90. The molecule has 2 heteroatoms. The van der Waals surface area contributed by atoms with Crippen LogP contribution in [-0.2, 0) is 6.54 Å². The second kappa shape index (κ2) is 5.12. The smallest absolute Gasteiger partial charge is 0.0236 e. The first kappa shape index (κ1) is 10.4. The average Bonchev–Trinajstić information content (AvgIpc) is 2.67. The van der Waals surface area contributed by atoms with Crippen molar-refractivity contribution in [1.82, 2.24) is 4.90 Å². The Balaban J connectivity index is 1.97. The largest absolute Gasteiger partial charge is 0.295 e. The maximum Gasteiger partial charge on any atom is 0.0236 e. The lowest BCUT2D eigenvalue weighted by atomic mass is 10.2. The van der Waals surface area contributed by atoms with E-state index < -0.39 is 0 Å². The Bertz CT molecular complexity index is 273. The molecule has 14 heavy (non-hydrogen) atoms. The Morgan fingerprint density at radius 3 is 2.79 bits per heavy atom. The lowest BCUT2D eigenvalue weighted by Gasteiger charge is -2.22. The number of hydrogen-bond acceptors (Lipinski definition) is 1. The molecule has 1 fully saturated rings. The number of likely N-dealkylation sites (tertiary alicyclic amines) is 1. The van der Waals surface area contributed by atoms with E-state index in [0.717, 1.165) is 12.6 Å². The minimum atomic E-state index is 0.816. The van der Waals surface area contributed by atoms with Gasteiger partial charge in [0.05, 0.1) is 0 Å². The molecular formula is C12H16IN. The zero-order valence-electron chi connectivity index (χ0n) is 8.32. The highest BCUT2D eigenvalue weighted by Gasteiger charge is 2.22. The molecule has 0 aliphatic carbocycles. The van der Waals surface area contributed by atoms with Crippen LogP contribution in [0.5, 0.6) is 0 Å². The molecule has 0 aromatic heterocycles. The maximum atomic E-state index is 2.61. The van der Waals surface area contributed by atoms with Crippen molar-refractivity contribution in [2.45, 2.75) is 25.4 Å². The monoisotopic (exact) mass is 301 g/mol. The van der Waals surface area contributed by atoms with E-state index in [9.17, 15) is 0 Å². The second-order valence-corrected chi connectivity index (χ2v) is 4.79. The highest BCUT2D eigenvalue weighted by atomic mass is 127. The van der Waals surface area contributed by atoms with Gasteiger partial charge in [0.2, 0.25) is 0 Å². The van der Waals surface area contributed by atoms with Crippen molar-refractivity contribution >= 4 is 22.6 Å². The SMILES string of the molecule is IC[C@H]1CCCN1Cc1ccccc1. The van der Waals surface area contributed by atoms with Gasteiger partial charge in [-0.1, -0.05) is 52.9 Å². The predicted octanol–water partition coefficient (Wildman–Crippen LogP) is 3.09. The summed E-state index contributed by atoms with van der Waals surface area (Å²) in [4.78, 5) is 2.61. The normalized spacial score (nSPS) is 22.8. The minimum absolute atomic E-state index is 0.816. The molecule has 1 aliphatic heterocycles. The van der Waals surface area contributed by atoms with Gasteiger partial charge in [-0.15, -0.1) is 0 Å². The van der Waals surface area contributed by atoms with Crippen LogP contribution in [-0.4, -0.2) is 21.9 Å². The van der Waals surface area contributed by atoms with Crippen LogP contribution in [0.4, 0.5) is 0 Å². The molecule has 1 heterocycles. The number of nitrogens with zero attached hydrogens (tertiary/aromatic N) is 1. The molecule has 0 N–H and O–H groups in total. The van der Waals surface area contributed by atoms with E-state index in [1.807, 2.05) is 0 Å². The van der Waals surface area contributed by atoms with Gasteiger partial charge in [0.1, 0.15) is 0 Å². The lowest BCUT2D eigenvalue weighted by molar-refractivity contribution is 0.266. The van der Waals surface area contributed by atoms with Crippen LogP contribution in [0.1, 0.15) is 18.4 Å². The lowest BCUT2D eigenvalue weighted by Crippen LogP contribution is -2.29. The van der Waals surface area contributed by atoms with Gasteiger partial charge in [0, 0.05) is 17.0 Å². The molecular weight excluding hydrogens is 285 g/mol. The van der Waals surface area contributed by atoms with Crippen LogP contribution >= 0.6 is 22.6 Å². The summed E-state index contributed by atoms with van der Waals surface area (Å²) in [7, 11) is 0. The molecule has 0 bridgehead atoms. The molecule has 1 aliphatic rings. The number of rotatable bonds is 3.